The van der Waals surface area contributed by atoms with Gasteiger partial charge in [0.15, 0.2) is 0 Å². The molecule has 2 aromatic rings. The van der Waals surface area contributed by atoms with Crippen molar-refractivity contribution in [2.75, 3.05) is 30.7 Å². The number of fused-ring (bicyclic) bond motifs is 1. The Morgan fingerprint density at radius 2 is 1.85 bits per heavy atom. The van der Waals surface area contributed by atoms with E-state index >= 15 is 0 Å². The highest BCUT2D eigenvalue weighted by Crippen LogP contribution is 2.29. The van der Waals surface area contributed by atoms with Gasteiger partial charge in [-0.3, -0.25) is 9.36 Å². The fourth-order valence-corrected chi connectivity index (χ4v) is 4.83. The van der Waals surface area contributed by atoms with Crippen LogP contribution in [0.15, 0.2) is 34.1 Å². The number of benzene rings is 1. The van der Waals surface area contributed by atoms with Crippen LogP contribution in [0.3, 0.4) is 0 Å². The van der Waals surface area contributed by atoms with Crippen LogP contribution >= 0.6 is 11.8 Å². The van der Waals surface area contributed by atoms with Gasteiger partial charge in [0.25, 0.3) is 0 Å². The number of thioether (sulfide) groups is 1. The fraction of sp³-hybridized carbons (Fsp3) is 0.522. The topological polar surface area (TPSA) is 76.5 Å². The lowest BCUT2D eigenvalue weighted by molar-refractivity contribution is -0.274. The van der Waals surface area contributed by atoms with E-state index in [1.54, 1.807) is 4.57 Å². The third-order valence-electron chi connectivity index (χ3n) is 5.70. The van der Waals surface area contributed by atoms with Crippen molar-refractivity contribution in [3.63, 3.8) is 0 Å². The number of halogens is 3. The summed E-state index contributed by atoms with van der Waals surface area (Å²) in [7, 11) is 0. The molecule has 1 N–H and O–H groups in total. The molecule has 7 nitrogen and oxygen atoms in total. The maximum Gasteiger partial charge on any atom is 0.573 e. The van der Waals surface area contributed by atoms with E-state index in [-0.39, 0.29) is 23.1 Å². The minimum Gasteiger partial charge on any atom is -0.406 e. The second kappa shape index (κ2) is 11.7. The van der Waals surface area contributed by atoms with Crippen molar-refractivity contribution >= 4 is 23.4 Å². The van der Waals surface area contributed by atoms with Crippen LogP contribution in [0.5, 0.6) is 5.75 Å². The van der Waals surface area contributed by atoms with Gasteiger partial charge in [0.1, 0.15) is 10.8 Å². The van der Waals surface area contributed by atoms with Crippen molar-refractivity contribution in [3.05, 3.63) is 46.0 Å². The number of rotatable bonds is 10. The van der Waals surface area contributed by atoms with Gasteiger partial charge in [-0.1, -0.05) is 25.6 Å². The molecular weight excluding hydrogens is 469 g/mol. The number of ether oxygens (including phenoxy) is 1. The highest BCUT2D eigenvalue weighted by Gasteiger charge is 2.31. The first-order valence-electron chi connectivity index (χ1n) is 11.3. The molecule has 0 atom stereocenters. The molecule has 1 aromatic carbocycles. The summed E-state index contributed by atoms with van der Waals surface area (Å²) >= 11 is 1.21. The van der Waals surface area contributed by atoms with Crippen molar-refractivity contribution in [3.8, 4) is 5.75 Å². The smallest absolute Gasteiger partial charge is 0.406 e. The Bertz CT molecular complexity index is 1040. The Labute approximate surface area is 200 Å². The molecule has 0 saturated heterocycles. The molecule has 1 aromatic heterocycles. The number of hydrogen-bond acceptors (Lipinski definition) is 6. The van der Waals surface area contributed by atoms with Crippen LogP contribution in [-0.4, -0.2) is 52.1 Å². The minimum atomic E-state index is -4.77. The Morgan fingerprint density at radius 1 is 1.18 bits per heavy atom. The van der Waals surface area contributed by atoms with Gasteiger partial charge < -0.3 is 15.0 Å². The van der Waals surface area contributed by atoms with Crippen LogP contribution in [0.1, 0.15) is 37.9 Å². The monoisotopic (exact) mass is 498 g/mol. The molecular formula is C23H29F3N4O3S. The van der Waals surface area contributed by atoms with Crippen LogP contribution in [0.4, 0.5) is 18.9 Å². The van der Waals surface area contributed by atoms with Gasteiger partial charge in [-0.25, -0.2) is 4.79 Å². The predicted octanol–water partition coefficient (Wildman–Crippen LogP) is 4.09. The number of carbonyl (C=O) groups excluding carboxylic acids is 1. The van der Waals surface area contributed by atoms with Crippen LogP contribution < -0.4 is 15.7 Å². The summed E-state index contributed by atoms with van der Waals surface area (Å²) in [6.45, 7) is 7.40. The fourth-order valence-electron chi connectivity index (χ4n) is 3.95. The normalized spacial score (nSPS) is 13.6. The summed E-state index contributed by atoms with van der Waals surface area (Å²) in [5.74, 6) is -0.674. The second-order valence-electron chi connectivity index (χ2n) is 7.92. The lowest BCUT2D eigenvalue weighted by Crippen LogP contribution is -2.35. The number of carbonyl (C=O) groups is 1. The number of anilines is 1. The Kier molecular flexibility index (Phi) is 9.01. The van der Waals surface area contributed by atoms with E-state index in [4.69, 9.17) is 0 Å². The van der Waals surface area contributed by atoms with Crippen molar-refractivity contribution in [1.82, 2.24) is 14.5 Å². The van der Waals surface area contributed by atoms with E-state index in [9.17, 15) is 22.8 Å². The Morgan fingerprint density at radius 3 is 2.50 bits per heavy atom. The first-order chi connectivity index (χ1) is 16.2. The molecule has 1 amide bonds. The zero-order valence-electron chi connectivity index (χ0n) is 19.3. The van der Waals surface area contributed by atoms with Gasteiger partial charge in [-0.15, -0.1) is 13.2 Å². The minimum absolute atomic E-state index is 0.0309. The molecule has 0 unspecified atom stereocenters. The van der Waals surface area contributed by atoms with E-state index in [0.29, 0.717) is 17.3 Å². The molecule has 0 fully saturated rings. The SMILES string of the molecule is CCN(CC)CCn1c2c(c(SCC(=O)Nc3ccc(OC(F)(F)F)cc3)nc1=O)CCCC2. The molecule has 186 valence electrons. The highest BCUT2D eigenvalue weighted by molar-refractivity contribution is 8.00. The summed E-state index contributed by atoms with van der Waals surface area (Å²) in [4.78, 5) is 31.7. The number of nitrogens with one attached hydrogen (secondary N) is 1. The first kappa shape index (κ1) is 26.1. The van der Waals surface area contributed by atoms with Gasteiger partial charge in [-0.2, -0.15) is 4.98 Å². The van der Waals surface area contributed by atoms with Gasteiger partial charge in [0.2, 0.25) is 5.91 Å². The molecule has 0 radical (unpaired) electrons. The molecule has 11 heteroatoms. The van der Waals surface area contributed by atoms with E-state index in [2.05, 4.69) is 33.8 Å². The van der Waals surface area contributed by atoms with Crippen LogP contribution in [0, 0.1) is 0 Å². The predicted molar refractivity (Wildman–Crippen MR) is 125 cm³/mol. The van der Waals surface area contributed by atoms with E-state index < -0.39 is 6.36 Å². The summed E-state index contributed by atoms with van der Waals surface area (Å²) in [5.41, 5.74) is 2.11. The van der Waals surface area contributed by atoms with Gasteiger partial charge >= 0.3 is 12.1 Å². The first-order valence-corrected chi connectivity index (χ1v) is 12.3. The summed E-state index contributed by atoms with van der Waals surface area (Å²) in [6.07, 6.45) is -1.11. The molecule has 1 heterocycles. The van der Waals surface area contributed by atoms with E-state index in [0.717, 1.165) is 68.7 Å². The molecule has 0 bridgehead atoms. The summed E-state index contributed by atoms with van der Waals surface area (Å²) in [5, 5.41) is 3.23. The largest absolute Gasteiger partial charge is 0.573 e. The Hall–Kier alpha value is -2.53. The van der Waals surface area contributed by atoms with Crippen molar-refractivity contribution in [2.45, 2.75) is 57.5 Å². The van der Waals surface area contributed by atoms with Gasteiger partial charge in [-0.05, 0) is 63.0 Å². The number of likely N-dealkylation sites (N-methyl/N-ethyl adjacent to an activating group) is 1. The molecule has 1 aliphatic rings. The van der Waals surface area contributed by atoms with Gasteiger partial charge in [0.05, 0.1) is 5.75 Å². The molecule has 3 rings (SSSR count). The lowest BCUT2D eigenvalue weighted by Gasteiger charge is -2.24. The maximum absolute atomic E-state index is 12.8. The van der Waals surface area contributed by atoms with Crippen LogP contribution in [-0.2, 0) is 24.2 Å². The number of nitrogens with zero attached hydrogens (tertiary/aromatic N) is 3. The second-order valence-corrected chi connectivity index (χ2v) is 8.88. The Balaban J connectivity index is 1.65. The summed E-state index contributed by atoms with van der Waals surface area (Å²) < 4.78 is 42.4. The lowest BCUT2D eigenvalue weighted by atomic mass is 9.97. The summed E-state index contributed by atoms with van der Waals surface area (Å²) in [6, 6.07) is 4.93. The van der Waals surface area contributed by atoms with Crippen molar-refractivity contribution in [1.29, 1.82) is 0 Å². The van der Waals surface area contributed by atoms with E-state index in [1.807, 2.05) is 0 Å². The third-order valence-corrected chi connectivity index (χ3v) is 6.71. The number of amides is 1. The van der Waals surface area contributed by atoms with Crippen LogP contribution in [0.25, 0.3) is 0 Å². The molecule has 0 aliphatic heterocycles. The quantitative estimate of drug-likeness (QED) is 0.393. The average molecular weight is 499 g/mol. The average Bonchev–Trinajstić information content (AvgIpc) is 2.80. The van der Waals surface area contributed by atoms with Crippen molar-refractivity contribution < 1.29 is 22.7 Å². The number of hydrogen-bond donors (Lipinski definition) is 1. The van der Waals surface area contributed by atoms with Crippen molar-refractivity contribution in [2.24, 2.45) is 0 Å². The zero-order valence-corrected chi connectivity index (χ0v) is 20.1. The highest BCUT2D eigenvalue weighted by atomic mass is 32.2. The zero-order chi connectivity index (χ0) is 24.7. The van der Waals surface area contributed by atoms with Crippen LogP contribution in [0.2, 0.25) is 0 Å². The molecule has 1 aliphatic carbocycles. The maximum atomic E-state index is 12.8. The van der Waals surface area contributed by atoms with Gasteiger partial charge in [0, 0.05) is 30.0 Å². The number of alkyl halides is 3. The molecule has 0 saturated carbocycles. The number of aromatic nitrogens is 2. The molecule has 34 heavy (non-hydrogen) atoms. The third kappa shape index (κ3) is 7.23. The van der Waals surface area contributed by atoms with E-state index in [1.165, 1.54) is 23.9 Å². The standard InChI is InChI=1S/C23H29F3N4O3S/c1-3-29(4-2)13-14-30-19-8-6-5-7-18(19)21(28-22(30)32)34-15-20(31)27-16-9-11-17(12-10-16)33-23(24,25)26/h9-12H,3-8,13-15H2,1-2H3,(H,27,31). The molecule has 0 spiro atoms.